The van der Waals surface area contributed by atoms with E-state index < -0.39 is 18.0 Å². The molecule has 3 rings (SSSR count). The molecule has 0 radical (unpaired) electrons. The fraction of sp³-hybridized carbons (Fsp3) is 0.111. The Hall–Kier alpha value is -3.19. The molecule has 3 aromatic rings. The first-order chi connectivity index (χ1) is 12.1. The number of carbonyl (C=O) groups excluding carboxylic acids is 1. The van der Waals surface area contributed by atoms with Crippen molar-refractivity contribution in [3.8, 4) is 5.69 Å². The average Bonchev–Trinajstić information content (AvgIpc) is 3.15. The molecule has 25 heavy (non-hydrogen) atoms. The van der Waals surface area contributed by atoms with Crippen LogP contribution in [0.1, 0.15) is 11.7 Å². The summed E-state index contributed by atoms with van der Waals surface area (Å²) in [6, 6.07) is 14.4. The van der Waals surface area contributed by atoms with Gasteiger partial charge in [0.25, 0.3) is 0 Å². The normalized spacial score (nSPS) is 11.8. The molecule has 1 aromatic heterocycles. The molecule has 1 atom stereocenters. The Morgan fingerprint density at radius 3 is 2.60 bits per heavy atom. The molecule has 3 N–H and O–H groups in total. The number of aliphatic hydroxyl groups is 1. The van der Waals surface area contributed by atoms with Crippen LogP contribution in [0.4, 0.5) is 14.9 Å². The number of urea groups is 1. The van der Waals surface area contributed by atoms with Gasteiger partial charge in [0.1, 0.15) is 5.82 Å². The Kier molecular flexibility index (Phi) is 5.06. The van der Waals surface area contributed by atoms with E-state index in [0.717, 1.165) is 5.69 Å². The maximum Gasteiger partial charge on any atom is 0.319 e. The van der Waals surface area contributed by atoms with Crippen LogP contribution in [-0.2, 0) is 0 Å². The molecular formula is C18H17FN4O2. The second kappa shape index (κ2) is 7.59. The summed E-state index contributed by atoms with van der Waals surface area (Å²) in [5.74, 6) is -0.508. The van der Waals surface area contributed by atoms with Gasteiger partial charge >= 0.3 is 6.03 Å². The van der Waals surface area contributed by atoms with Crippen LogP contribution in [0.15, 0.2) is 67.0 Å². The predicted octanol–water partition coefficient (Wildman–Crippen LogP) is 2.87. The van der Waals surface area contributed by atoms with Crippen molar-refractivity contribution in [2.45, 2.75) is 6.10 Å². The van der Waals surface area contributed by atoms with Gasteiger partial charge in [0.15, 0.2) is 0 Å². The van der Waals surface area contributed by atoms with Gasteiger partial charge in [0.2, 0.25) is 0 Å². The highest BCUT2D eigenvalue weighted by molar-refractivity contribution is 5.89. The summed E-state index contributed by atoms with van der Waals surface area (Å²) in [7, 11) is 0. The van der Waals surface area contributed by atoms with Crippen LogP contribution in [-0.4, -0.2) is 27.5 Å². The minimum absolute atomic E-state index is 0.0991. The van der Waals surface area contributed by atoms with Gasteiger partial charge in [-0.3, -0.25) is 0 Å². The predicted molar refractivity (Wildman–Crippen MR) is 91.9 cm³/mol. The van der Waals surface area contributed by atoms with Gasteiger partial charge in [-0.05, 0) is 36.4 Å². The summed E-state index contributed by atoms with van der Waals surface area (Å²) in [6.45, 7) is -0.0991. The van der Waals surface area contributed by atoms with E-state index in [2.05, 4.69) is 15.7 Å². The van der Waals surface area contributed by atoms with E-state index in [1.54, 1.807) is 35.1 Å². The highest BCUT2D eigenvalue weighted by atomic mass is 19.1. The third-order valence-electron chi connectivity index (χ3n) is 3.61. The zero-order valence-corrected chi connectivity index (χ0v) is 13.3. The molecule has 6 nitrogen and oxygen atoms in total. The largest absolute Gasteiger partial charge is 0.386 e. The third-order valence-corrected chi connectivity index (χ3v) is 3.61. The molecule has 0 spiro atoms. The van der Waals surface area contributed by atoms with E-state index in [1.807, 2.05) is 24.4 Å². The molecule has 128 valence electrons. The zero-order chi connectivity index (χ0) is 17.6. The molecular weight excluding hydrogens is 323 g/mol. The molecule has 0 bridgehead atoms. The Morgan fingerprint density at radius 2 is 1.92 bits per heavy atom. The first-order valence-electron chi connectivity index (χ1n) is 7.71. The van der Waals surface area contributed by atoms with Crippen molar-refractivity contribution in [2.24, 2.45) is 0 Å². The summed E-state index contributed by atoms with van der Waals surface area (Å²) in [5.41, 5.74) is 1.60. The van der Waals surface area contributed by atoms with Crippen LogP contribution in [0.5, 0.6) is 0 Å². The number of benzene rings is 2. The number of carbonyl (C=O) groups is 1. The minimum Gasteiger partial charge on any atom is -0.386 e. The summed E-state index contributed by atoms with van der Waals surface area (Å²) >= 11 is 0. The van der Waals surface area contributed by atoms with Crippen molar-refractivity contribution < 1.29 is 14.3 Å². The van der Waals surface area contributed by atoms with Crippen molar-refractivity contribution in [1.82, 2.24) is 15.1 Å². The standard InChI is InChI=1S/C18H17FN4O2/c19-16-5-2-1-4-15(16)17(24)12-20-18(25)22-13-6-8-14(9-7-13)23-11-3-10-21-23/h1-11,17,24H,12H2,(H2,20,22,25). The minimum atomic E-state index is -1.12. The molecule has 2 amide bonds. The molecule has 0 aliphatic rings. The van der Waals surface area contributed by atoms with Crippen molar-refractivity contribution in [3.63, 3.8) is 0 Å². The first-order valence-corrected chi connectivity index (χ1v) is 7.71. The van der Waals surface area contributed by atoms with Crippen LogP contribution in [0.25, 0.3) is 5.69 Å². The topological polar surface area (TPSA) is 79.2 Å². The number of halogens is 1. The Labute approximate surface area is 143 Å². The number of nitrogens with one attached hydrogen (secondary N) is 2. The summed E-state index contributed by atoms with van der Waals surface area (Å²) in [6.07, 6.45) is 2.38. The first kappa shape index (κ1) is 16.7. The van der Waals surface area contributed by atoms with E-state index in [9.17, 15) is 14.3 Å². The Balaban J connectivity index is 1.53. The van der Waals surface area contributed by atoms with Gasteiger partial charge < -0.3 is 15.7 Å². The average molecular weight is 340 g/mol. The Bertz CT molecular complexity index is 835. The second-order valence-corrected chi connectivity index (χ2v) is 5.37. The van der Waals surface area contributed by atoms with Gasteiger partial charge in [-0.1, -0.05) is 18.2 Å². The molecule has 0 aliphatic heterocycles. The van der Waals surface area contributed by atoms with E-state index in [0.29, 0.717) is 5.69 Å². The molecule has 0 aliphatic carbocycles. The van der Waals surface area contributed by atoms with Gasteiger partial charge in [-0.2, -0.15) is 5.10 Å². The van der Waals surface area contributed by atoms with Crippen LogP contribution < -0.4 is 10.6 Å². The molecule has 0 saturated carbocycles. The van der Waals surface area contributed by atoms with E-state index in [-0.39, 0.29) is 12.1 Å². The fourth-order valence-corrected chi connectivity index (χ4v) is 2.34. The highest BCUT2D eigenvalue weighted by Crippen LogP contribution is 2.16. The smallest absolute Gasteiger partial charge is 0.319 e. The van der Waals surface area contributed by atoms with E-state index in [1.165, 1.54) is 12.1 Å². The number of rotatable bonds is 5. The van der Waals surface area contributed by atoms with Crippen molar-refractivity contribution in [3.05, 3.63) is 78.4 Å². The Morgan fingerprint density at radius 1 is 1.16 bits per heavy atom. The zero-order valence-electron chi connectivity index (χ0n) is 13.3. The van der Waals surface area contributed by atoms with E-state index >= 15 is 0 Å². The molecule has 1 heterocycles. The lowest BCUT2D eigenvalue weighted by molar-refractivity contribution is 0.170. The number of aromatic nitrogens is 2. The monoisotopic (exact) mass is 340 g/mol. The van der Waals surface area contributed by atoms with E-state index in [4.69, 9.17) is 0 Å². The van der Waals surface area contributed by atoms with Crippen LogP contribution in [0, 0.1) is 5.82 Å². The van der Waals surface area contributed by atoms with Crippen molar-refractivity contribution >= 4 is 11.7 Å². The third kappa shape index (κ3) is 4.21. The molecule has 0 saturated heterocycles. The van der Waals surface area contributed by atoms with Gasteiger partial charge in [0, 0.05) is 30.2 Å². The van der Waals surface area contributed by atoms with Crippen LogP contribution >= 0.6 is 0 Å². The summed E-state index contributed by atoms with van der Waals surface area (Å²) < 4.78 is 15.3. The lowest BCUT2D eigenvalue weighted by Gasteiger charge is -2.13. The van der Waals surface area contributed by atoms with Gasteiger partial charge in [-0.15, -0.1) is 0 Å². The van der Waals surface area contributed by atoms with Crippen LogP contribution in [0.2, 0.25) is 0 Å². The number of amides is 2. The maximum absolute atomic E-state index is 13.6. The maximum atomic E-state index is 13.6. The molecule has 1 unspecified atom stereocenters. The summed E-state index contributed by atoms with van der Waals surface area (Å²) in [5, 5.41) is 19.3. The fourth-order valence-electron chi connectivity index (χ4n) is 2.34. The lowest BCUT2D eigenvalue weighted by atomic mass is 10.1. The van der Waals surface area contributed by atoms with Crippen molar-refractivity contribution in [1.29, 1.82) is 0 Å². The number of anilines is 1. The summed E-state index contributed by atoms with van der Waals surface area (Å²) in [4.78, 5) is 11.9. The SMILES string of the molecule is O=C(NCC(O)c1ccccc1F)Nc1ccc(-n2cccn2)cc1. The quantitative estimate of drug-likeness (QED) is 0.668. The number of aliphatic hydroxyl groups excluding tert-OH is 1. The lowest BCUT2D eigenvalue weighted by Crippen LogP contribution is -2.32. The highest BCUT2D eigenvalue weighted by Gasteiger charge is 2.13. The molecule has 2 aromatic carbocycles. The van der Waals surface area contributed by atoms with Crippen LogP contribution in [0.3, 0.4) is 0 Å². The molecule has 7 heteroatoms. The van der Waals surface area contributed by atoms with Gasteiger partial charge in [-0.25, -0.2) is 13.9 Å². The number of hydrogen-bond donors (Lipinski definition) is 3. The van der Waals surface area contributed by atoms with Gasteiger partial charge in [0.05, 0.1) is 11.8 Å². The number of nitrogens with zero attached hydrogens (tertiary/aromatic N) is 2. The molecule has 0 fully saturated rings. The van der Waals surface area contributed by atoms with Crippen molar-refractivity contribution in [2.75, 3.05) is 11.9 Å². The second-order valence-electron chi connectivity index (χ2n) is 5.37. The number of hydrogen-bond acceptors (Lipinski definition) is 3.